The van der Waals surface area contributed by atoms with Gasteiger partial charge < -0.3 is 10.1 Å². The van der Waals surface area contributed by atoms with Gasteiger partial charge in [-0.05, 0) is 11.4 Å². The highest BCUT2D eigenvalue weighted by Crippen LogP contribution is 2.07. The normalized spacial score (nSPS) is 9.67. The third-order valence-electron chi connectivity index (χ3n) is 1.82. The van der Waals surface area contributed by atoms with E-state index in [1.807, 2.05) is 17.5 Å². The Morgan fingerprint density at radius 1 is 1.47 bits per heavy atom. The number of esters is 1. The molecule has 0 fully saturated rings. The lowest BCUT2D eigenvalue weighted by Gasteiger charge is -2.02. The number of ether oxygens (including phenoxy) is 1. The molecule has 0 bridgehead atoms. The molecule has 1 rings (SSSR count). The summed E-state index contributed by atoms with van der Waals surface area (Å²) in [5.74, 6) is -0.491. The Labute approximate surface area is 92.2 Å². The highest BCUT2D eigenvalue weighted by molar-refractivity contribution is 7.09. The average Bonchev–Trinajstić information content (AvgIpc) is 2.75. The molecule has 0 aliphatic carbocycles. The second-order valence-electron chi connectivity index (χ2n) is 2.93. The standard InChI is InChI=1S/C10H13NO3S/c1-14-10(13)5-4-9(12)11-7-8-3-2-6-15-8/h2-3,6H,4-5,7H2,1H3,(H,11,12). The van der Waals surface area contributed by atoms with Crippen molar-refractivity contribution in [3.63, 3.8) is 0 Å². The van der Waals surface area contributed by atoms with Gasteiger partial charge in [-0.1, -0.05) is 6.07 Å². The van der Waals surface area contributed by atoms with Crippen LogP contribution in [0.15, 0.2) is 17.5 Å². The first-order valence-electron chi connectivity index (χ1n) is 4.58. The summed E-state index contributed by atoms with van der Waals surface area (Å²) in [6.45, 7) is 0.525. The van der Waals surface area contributed by atoms with Crippen molar-refractivity contribution in [3.05, 3.63) is 22.4 Å². The van der Waals surface area contributed by atoms with E-state index < -0.39 is 0 Å². The van der Waals surface area contributed by atoms with Gasteiger partial charge in [0.05, 0.1) is 20.1 Å². The Morgan fingerprint density at radius 3 is 2.87 bits per heavy atom. The lowest BCUT2D eigenvalue weighted by Crippen LogP contribution is -2.22. The molecule has 0 unspecified atom stereocenters. The molecule has 0 spiro atoms. The molecule has 1 aromatic heterocycles. The van der Waals surface area contributed by atoms with Gasteiger partial charge in [-0.15, -0.1) is 11.3 Å². The van der Waals surface area contributed by atoms with E-state index in [0.717, 1.165) is 4.88 Å². The first kappa shape index (κ1) is 11.7. The summed E-state index contributed by atoms with van der Waals surface area (Å²) in [4.78, 5) is 23.1. The Morgan fingerprint density at radius 2 is 2.27 bits per heavy atom. The van der Waals surface area contributed by atoms with Crippen molar-refractivity contribution >= 4 is 23.2 Å². The molecule has 1 N–H and O–H groups in total. The quantitative estimate of drug-likeness (QED) is 0.772. The largest absolute Gasteiger partial charge is 0.469 e. The molecule has 15 heavy (non-hydrogen) atoms. The third-order valence-corrected chi connectivity index (χ3v) is 2.70. The smallest absolute Gasteiger partial charge is 0.306 e. The summed E-state index contributed by atoms with van der Waals surface area (Å²) in [5, 5.41) is 4.68. The van der Waals surface area contributed by atoms with E-state index >= 15 is 0 Å². The van der Waals surface area contributed by atoms with E-state index in [1.165, 1.54) is 7.11 Å². The van der Waals surface area contributed by atoms with E-state index in [0.29, 0.717) is 6.54 Å². The molecule has 0 aliphatic rings. The molecule has 0 saturated heterocycles. The Hall–Kier alpha value is -1.36. The molecule has 1 heterocycles. The van der Waals surface area contributed by atoms with Crippen molar-refractivity contribution in [3.8, 4) is 0 Å². The van der Waals surface area contributed by atoms with Crippen molar-refractivity contribution < 1.29 is 14.3 Å². The maximum absolute atomic E-state index is 11.2. The van der Waals surface area contributed by atoms with Gasteiger partial charge in [-0.2, -0.15) is 0 Å². The molecule has 0 aliphatic heterocycles. The van der Waals surface area contributed by atoms with Gasteiger partial charge in [-0.3, -0.25) is 9.59 Å². The monoisotopic (exact) mass is 227 g/mol. The van der Waals surface area contributed by atoms with Crippen LogP contribution in [0.1, 0.15) is 17.7 Å². The second kappa shape index (κ2) is 6.19. The zero-order valence-corrected chi connectivity index (χ0v) is 9.30. The number of thiophene rings is 1. The molecule has 1 amide bonds. The summed E-state index contributed by atoms with van der Waals surface area (Å²) in [5.41, 5.74) is 0. The van der Waals surface area contributed by atoms with Crippen molar-refractivity contribution in [1.29, 1.82) is 0 Å². The Balaban J connectivity index is 2.16. The van der Waals surface area contributed by atoms with Gasteiger partial charge in [0.1, 0.15) is 0 Å². The summed E-state index contributed by atoms with van der Waals surface area (Å²) >= 11 is 1.59. The van der Waals surface area contributed by atoms with Crippen LogP contribution < -0.4 is 5.32 Å². The fourth-order valence-electron chi connectivity index (χ4n) is 1.00. The fourth-order valence-corrected chi connectivity index (χ4v) is 1.65. The van der Waals surface area contributed by atoms with Crippen LogP contribution in [0.4, 0.5) is 0 Å². The third kappa shape index (κ3) is 4.60. The van der Waals surface area contributed by atoms with Crippen LogP contribution >= 0.6 is 11.3 Å². The summed E-state index contributed by atoms with van der Waals surface area (Å²) in [6.07, 6.45) is 0.310. The van der Waals surface area contributed by atoms with Crippen molar-refractivity contribution in [2.24, 2.45) is 0 Å². The number of hydrogen-bond acceptors (Lipinski definition) is 4. The molecular formula is C10H13NO3S. The van der Waals surface area contributed by atoms with Crippen LogP contribution in [-0.4, -0.2) is 19.0 Å². The lowest BCUT2D eigenvalue weighted by molar-refractivity contribution is -0.142. The molecule has 0 atom stereocenters. The Bertz CT molecular complexity index is 321. The van der Waals surface area contributed by atoms with Crippen LogP contribution in [0, 0.1) is 0 Å². The number of hydrogen-bond donors (Lipinski definition) is 1. The molecule has 1 aromatic rings. The van der Waals surface area contributed by atoms with Crippen LogP contribution in [0.5, 0.6) is 0 Å². The topological polar surface area (TPSA) is 55.4 Å². The SMILES string of the molecule is COC(=O)CCC(=O)NCc1cccs1. The summed E-state index contributed by atoms with van der Waals surface area (Å²) < 4.78 is 4.43. The fraction of sp³-hybridized carbons (Fsp3) is 0.400. The minimum absolute atomic E-state index is 0.131. The minimum atomic E-state index is -0.360. The van der Waals surface area contributed by atoms with Gasteiger partial charge in [0.25, 0.3) is 0 Å². The summed E-state index contributed by atoms with van der Waals surface area (Å²) in [6, 6.07) is 3.88. The van der Waals surface area contributed by atoms with Crippen molar-refractivity contribution in [1.82, 2.24) is 5.32 Å². The number of carbonyl (C=O) groups excluding carboxylic acids is 2. The number of rotatable bonds is 5. The van der Waals surface area contributed by atoms with E-state index in [4.69, 9.17) is 0 Å². The molecule has 4 nitrogen and oxygen atoms in total. The maximum atomic E-state index is 11.2. The van der Waals surface area contributed by atoms with Gasteiger partial charge in [0.2, 0.25) is 5.91 Å². The van der Waals surface area contributed by atoms with Gasteiger partial charge in [0, 0.05) is 11.3 Å². The first-order valence-corrected chi connectivity index (χ1v) is 5.46. The molecule has 0 radical (unpaired) electrons. The van der Waals surface area contributed by atoms with Crippen LogP contribution in [0.25, 0.3) is 0 Å². The highest BCUT2D eigenvalue weighted by Gasteiger charge is 2.06. The molecule has 0 saturated carbocycles. The number of nitrogens with one attached hydrogen (secondary N) is 1. The zero-order chi connectivity index (χ0) is 11.1. The number of methoxy groups -OCH3 is 1. The van der Waals surface area contributed by atoms with Crippen LogP contribution in [0.2, 0.25) is 0 Å². The van der Waals surface area contributed by atoms with E-state index in [-0.39, 0.29) is 24.7 Å². The molecule has 82 valence electrons. The zero-order valence-electron chi connectivity index (χ0n) is 8.49. The summed E-state index contributed by atoms with van der Waals surface area (Å²) in [7, 11) is 1.31. The van der Waals surface area contributed by atoms with Gasteiger partial charge in [0.15, 0.2) is 0 Å². The van der Waals surface area contributed by atoms with Crippen LogP contribution in [0.3, 0.4) is 0 Å². The number of amides is 1. The molecular weight excluding hydrogens is 214 g/mol. The average molecular weight is 227 g/mol. The minimum Gasteiger partial charge on any atom is -0.469 e. The van der Waals surface area contributed by atoms with Crippen LogP contribution in [-0.2, 0) is 20.9 Å². The predicted molar refractivity (Wildman–Crippen MR) is 57.4 cm³/mol. The number of carbonyl (C=O) groups is 2. The van der Waals surface area contributed by atoms with Crippen molar-refractivity contribution in [2.45, 2.75) is 19.4 Å². The Kier molecular flexibility index (Phi) is 4.83. The van der Waals surface area contributed by atoms with Gasteiger partial charge >= 0.3 is 5.97 Å². The van der Waals surface area contributed by atoms with Gasteiger partial charge in [-0.25, -0.2) is 0 Å². The first-order chi connectivity index (χ1) is 7.22. The molecule has 0 aromatic carbocycles. The maximum Gasteiger partial charge on any atom is 0.306 e. The van der Waals surface area contributed by atoms with E-state index in [2.05, 4.69) is 10.1 Å². The molecule has 5 heteroatoms. The highest BCUT2D eigenvalue weighted by atomic mass is 32.1. The second-order valence-corrected chi connectivity index (χ2v) is 3.96. The van der Waals surface area contributed by atoms with E-state index in [1.54, 1.807) is 11.3 Å². The lowest BCUT2D eigenvalue weighted by atomic mass is 10.3. The predicted octanol–water partition coefficient (Wildman–Crippen LogP) is 1.32. The van der Waals surface area contributed by atoms with Crippen molar-refractivity contribution in [2.75, 3.05) is 7.11 Å². The van der Waals surface area contributed by atoms with E-state index in [9.17, 15) is 9.59 Å².